The maximum atomic E-state index is 9.12. The molecule has 0 saturated carbocycles. The molecule has 0 aliphatic heterocycles. The van der Waals surface area contributed by atoms with Crippen molar-refractivity contribution in [3.63, 3.8) is 0 Å². The van der Waals surface area contributed by atoms with E-state index in [1.165, 1.54) is 11.1 Å². The smallest absolute Gasteiger partial charge is 0.0696 e. The number of nitrogens with zero attached hydrogens (tertiary/aromatic N) is 1. The molecule has 0 aliphatic carbocycles. The number of hydrogen-bond acceptors (Lipinski definition) is 2. The molecule has 0 saturated heterocycles. The Hall–Kier alpha value is -1.51. The van der Waals surface area contributed by atoms with Crippen LogP contribution in [0.1, 0.15) is 16.7 Å². The SMILES string of the molecule is Cc1ccccc1CN(C)c1ccc(CO)c(Cl)c1. The van der Waals surface area contributed by atoms with Crippen LogP contribution in [0.25, 0.3) is 0 Å². The number of aryl methyl sites for hydroxylation is 1. The molecule has 0 aromatic heterocycles. The minimum atomic E-state index is -0.0272. The monoisotopic (exact) mass is 275 g/mol. The summed E-state index contributed by atoms with van der Waals surface area (Å²) >= 11 is 6.12. The van der Waals surface area contributed by atoms with Crippen molar-refractivity contribution in [2.24, 2.45) is 0 Å². The zero-order valence-electron chi connectivity index (χ0n) is 11.2. The topological polar surface area (TPSA) is 23.5 Å². The second-order valence-corrected chi connectivity index (χ2v) is 5.12. The Balaban J connectivity index is 2.18. The third-order valence-electron chi connectivity index (χ3n) is 3.32. The lowest BCUT2D eigenvalue weighted by Crippen LogP contribution is -2.17. The van der Waals surface area contributed by atoms with Gasteiger partial charge >= 0.3 is 0 Å². The van der Waals surface area contributed by atoms with Gasteiger partial charge in [0.25, 0.3) is 0 Å². The van der Waals surface area contributed by atoms with Crippen molar-refractivity contribution in [1.82, 2.24) is 0 Å². The van der Waals surface area contributed by atoms with E-state index in [1.54, 1.807) is 0 Å². The van der Waals surface area contributed by atoms with Gasteiger partial charge in [-0.25, -0.2) is 0 Å². The number of rotatable bonds is 4. The van der Waals surface area contributed by atoms with Gasteiger partial charge in [-0.3, -0.25) is 0 Å². The van der Waals surface area contributed by atoms with Crippen LogP contribution < -0.4 is 4.90 Å². The van der Waals surface area contributed by atoms with Gasteiger partial charge in [-0.15, -0.1) is 0 Å². The van der Waals surface area contributed by atoms with E-state index in [-0.39, 0.29) is 6.61 Å². The fraction of sp³-hybridized carbons (Fsp3) is 0.250. The number of anilines is 1. The Morgan fingerprint density at radius 3 is 2.47 bits per heavy atom. The third kappa shape index (κ3) is 3.28. The summed E-state index contributed by atoms with van der Waals surface area (Å²) in [6.45, 7) is 2.92. The molecule has 0 spiro atoms. The van der Waals surface area contributed by atoms with E-state index in [9.17, 15) is 0 Å². The molecule has 2 nitrogen and oxygen atoms in total. The molecule has 19 heavy (non-hydrogen) atoms. The summed E-state index contributed by atoms with van der Waals surface area (Å²) in [5.41, 5.74) is 4.39. The number of aliphatic hydroxyl groups excluding tert-OH is 1. The van der Waals surface area contributed by atoms with Crippen molar-refractivity contribution in [2.45, 2.75) is 20.1 Å². The normalized spacial score (nSPS) is 10.5. The molecule has 0 fully saturated rings. The predicted molar refractivity (Wildman–Crippen MR) is 80.7 cm³/mol. The summed E-state index contributed by atoms with van der Waals surface area (Å²) in [6.07, 6.45) is 0. The molecule has 0 atom stereocenters. The Morgan fingerprint density at radius 2 is 1.84 bits per heavy atom. The molecule has 1 N–H and O–H groups in total. The fourth-order valence-corrected chi connectivity index (χ4v) is 2.27. The highest BCUT2D eigenvalue weighted by Crippen LogP contribution is 2.24. The summed E-state index contributed by atoms with van der Waals surface area (Å²) in [5.74, 6) is 0. The molecule has 2 rings (SSSR count). The van der Waals surface area contributed by atoms with Gasteiger partial charge in [0.15, 0.2) is 0 Å². The van der Waals surface area contributed by atoms with Crippen LogP contribution in [-0.4, -0.2) is 12.2 Å². The molecular weight excluding hydrogens is 258 g/mol. The van der Waals surface area contributed by atoms with Crippen LogP contribution >= 0.6 is 11.6 Å². The van der Waals surface area contributed by atoms with Crippen molar-refractivity contribution in [3.8, 4) is 0 Å². The van der Waals surface area contributed by atoms with Gasteiger partial charge in [-0.2, -0.15) is 0 Å². The van der Waals surface area contributed by atoms with Crippen molar-refractivity contribution < 1.29 is 5.11 Å². The Labute approximate surface area is 119 Å². The largest absolute Gasteiger partial charge is 0.392 e. The Bertz CT molecular complexity index is 568. The van der Waals surface area contributed by atoms with Crippen LogP contribution in [0.3, 0.4) is 0 Å². The number of hydrogen-bond donors (Lipinski definition) is 1. The van der Waals surface area contributed by atoms with E-state index in [0.717, 1.165) is 17.8 Å². The van der Waals surface area contributed by atoms with E-state index < -0.39 is 0 Å². The van der Waals surface area contributed by atoms with E-state index in [2.05, 4.69) is 30.0 Å². The molecular formula is C16H18ClNO. The molecule has 0 aliphatic rings. The van der Waals surface area contributed by atoms with Crippen LogP contribution in [0, 0.1) is 6.92 Å². The van der Waals surface area contributed by atoms with Crippen LogP contribution in [0.2, 0.25) is 5.02 Å². The van der Waals surface area contributed by atoms with Crippen LogP contribution in [0.5, 0.6) is 0 Å². The fourth-order valence-electron chi connectivity index (χ4n) is 2.04. The van der Waals surface area contributed by atoms with Crippen molar-refractivity contribution in [1.29, 1.82) is 0 Å². The summed E-state index contributed by atoms with van der Waals surface area (Å²) in [7, 11) is 2.04. The van der Waals surface area contributed by atoms with Gasteiger partial charge < -0.3 is 10.0 Å². The van der Waals surface area contributed by atoms with E-state index in [0.29, 0.717) is 5.02 Å². The van der Waals surface area contributed by atoms with E-state index in [1.807, 2.05) is 31.3 Å². The van der Waals surface area contributed by atoms with Crippen molar-refractivity contribution >= 4 is 17.3 Å². The van der Waals surface area contributed by atoms with Crippen LogP contribution in [0.15, 0.2) is 42.5 Å². The second kappa shape index (κ2) is 6.09. The Morgan fingerprint density at radius 1 is 1.11 bits per heavy atom. The first-order valence-corrected chi connectivity index (χ1v) is 6.64. The predicted octanol–water partition coefficient (Wildman–Crippen LogP) is 3.78. The van der Waals surface area contributed by atoms with Crippen molar-refractivity contribution in [2.75, 3.05) is 11.9 Å². The van der Waals surface area contributed by atoms with Crippen molar-refractivity contribution in [3.05, 3.63) is 64.2 Å². The first-order chi connectivity index (χ1) is 9.11. The molecule has 3 heteroatoms. The summed E-state index contributed by atoms with van der Waals surface area (Å²) < 4.78 is 0. The van der Waals surface area contributed by atoms with Crippen LogP contribution in [0.4, 0.5) is 5.69 Å². The average Bonchev–Trinajstić information content (AvgIpc) is 2.41. The van der Waals surface area contributed by atoms with Crippen LogP contribution in [-0.2, 0) is 13.2 Å². The highest BCUT2D eigenvalue weighted by molar-refractivity contribution is 6.31. The van der Waals surface area contributed by atoms with Gasteiger partial charge in [0.2, 0.25) is 0 Å². The zero-order chi connectivity index (χ0) is 13.8. The lowest BCUT2D eigenvalue weighted by atomic mass is 10.1. The van der Waals surface area contributed by atoms with E-state index in [4.69, 9.17) is 16.7 Å². The third-order valence-corrected chi connectivity index (χ3v) is 3.67. The maximum Gasteiger partial charge on any atom is 0.0696 e. The first kappa shape index (κ1) is 13.9. The minimum absolute atomic E-state index is 0.0272. The zero-order valence-corrected chi connectivity index (χ0v) is 12.0. The summed E-state index contributed by atoms with van der Waals surface area (Å²) in [6, 6.07) is 14.1. The summed E-state index contributed by atoms with van der Waals surface area (Å²) in [5, 5.41) is 9.73. The molecule has 0 unspecified atom stereocenters. The van der Waals surface area contributed by atoms with Gasteiger partial charge in [0.05, 0.1) is 6.61 Å². The molecule has 0 amide bonds. The molecule has 0 heterocycles. The molecule has 0 radical (unpaired) electrons. The molecule has 0 bridgehead atoms. The highest BCUT2D eigenvalue weighted by atomic mass is 35.5. The van der Waals surface area contributed by atoms with Gasteiger partial charge in [-0.05, 0) is 35.7 Å². The minimum Gasteiger partial charge on any atom is -0.392 e. The average molecular weight is 276 g/mol. The molecule has 2 aromatic rings. The van der Waals surface area contributed by atoms with Gasteiger partial charge in [-0.1, -0.05) is 41.9 Å². The van der Waals surface area contributed by atoms with E-state index >= 15 is 0 Å². The maximum absolute atomic E-state index is 9.12. The van der Waals surface area contributed by atoms with Gasteiger partial charge in [0, 0.05) is 24.3 Å². The number of halogens is 1. The number of aliphatic hydroxyl groups is 1. The lowest BCUT2D eigenvalue weighted by Gasteiger charge is -2.21. The summed E-state index contributed by atoms with van der Waals surface area (Å²) in [4.78, 5) is 2.15. The second-order valence-electron chi connectivity index (χ2n) is 4.72. The quantitative estimate of drug-likeness (QED) is 0.918. The first-order valence-electron chi connectivity index (χ1n) is 6.26. The van der Waals surface area contributed by atoms with Gasteiger partial charge in [0.1, 0.15) is 0 Å². The Kier molecular flexibility index (Phi) is 4.46. The number of benzene rings is 2. The molecule has 100 valence electrons. The lowest BCUT2D eigenvalue weighted by molar-refractivity contribution is 0.282. The standard InChI is InChI=1S/C16H18ClNO/c1-12-5-3-4-6-13(12)10-18(2)15-8-7-14(11-19)16(17)9-15/h3-9,19H,10-11H2,1-2H3. The molecule has 2 aromatic carbocycles. The highest BCUT2D eigenvalue weighted by Gasteiger charge is 2.06.